The largest absolute Gasteiger partial charge is 0.381 e. The Bertz CT molecular complexity index is 445. The van der Waals surface area contributed by atoms with E-state index in [1.165, 1.54) is 22.4 Å². The van der Waals surface area contributed by atoms with Gasteiger partial charge in [0.1, 0.15) is 0 Å². The number of aryl methyl sites for hydroxylation is 2. The van der Waals surface area contributed by atoms with Crippen molar-refractivity contribution in [1.82, 2.24) is 0 Å². The Morgan fingerprint density at radius 3 is 2.00 bits per heavy atom. The first-order chi connectivity index (χ1) is 7.77. The van der Waals surface area contributed by atoms with E-state index < -0.39 is 0 Å². The summed E-state index contributed by atoms with van der Waals surface area (Å²) in [5.41, 5.74) is 5.17. The number of hydrogen-bond acceptors (Lipinski definition) is 1. The predicted molar refractivity (Wildman–Crippen MR) is 76.9 cm³/mol. The van der Waals surface area contributed by atoms with Gasteiger partial charge in [0.2, 0.25) is 0 Å². The normalized spacial score (nSPS) is 9.53. The van der Waals surface area contributed by atoms with E-state index >= 15 is 0 Å². The number of para-hydroxylation sites is 1. The number of hydrogen-bond donors (Lipinski definition) is 1. The number of rotatable bonds is 3. The Morgan fingerprint density at radius 2 is 1.41 bits per heavy atom. The van der Waals surface area contributed by atoms with Gasteiger partial charge in [0.05, 0.1) is 0 Å². The molecule has 0 saturated carbocycles. The minimum absolute atomic E-state index is 0. The van der Waals surface area contributed by atoms with E-state index in [2.05, 4.69) is 61.6 Å². The second-order valence-corrected chi connectivity index (χ2v) is 4.11. The van der Waals surface area contributed by atoms with E-state index in [1.807, 2.05) is 6.07 Å². The van der Waals surface area contributed by atoms with Crippen LogP contribution in [0, 0.1) is 13.8 Å². The van der Waals surface area contributed by atoms with E-state index in [1.54, 1.807) is 0 Å². The van der Waals surface area contributed by atoms with Gasteiger partial charge in [0.15, 0.2) is 0 Å². The monoisotopic (exact) mass is 247 g/mol. The summed E-state index contributed by atoms with van der Waals surface area (Å²) in [5, 5.41) is 3.50. The van der Waals surface area contributed by atoms with E-state index in [4.69, 9.17) is 0 Å². The molecule has 17 heavy (non-hydrogen) atoms. The fourth-order valence-corrected chi connectivity index (χ4v) is 1.88. The molecule has 0 radical (unpaired) electrons. The highest BCUT2D eigenvalue weighted by Crippen LogP contribution is 2.20. The van der Waals surface area contributed by atoms with Gasteiger partial charge >= 0.3 is 0 Å². The molecule has 0 amide bonds. The topological polar surface area (TPSA) is 12.0 Å². The van der Waals surface area contributed by atoms with Crippen LogP contribution in [-0.2, 0) is 6.54 Å². The summed E-state index contributed by atoms with van der Waals surface area (Å²) in [5.74, 6) is 0. The van der Waals surface area contributed by atoms with Crippen molar-refractivity contribution in [3.8, 4) is 0 Å². The molecule has 2 aromatic carbocycles. The molecule has 0 spiro atoms. The van der Waals surface area contributed by atoms with Crippen molar-refractivity contribution in [3.63, 3.8) is 0 Å². The first-order valence-electron chi connectivity index (χ1n) is 5.61. The van der Waals surface area contributed by atoms with Crippen molar-refractivity contribution >= 4 is 18.1 Å². The van der Waals surface area contributed by atoms with Crippen molar-refractivity contribution in [2.75, 3.05) is 5.32 Å². The van der Waals surface area contributed by atoms with Crippen molar-refractivity contribution < 1.29 is 0 Å². The summed E-state index contributed by atoms with van der Waals surface area (Å²) in [6.45, 7) is 5.16. The third-order valence-electron chi connectivity index (χ3n) is 2.79. The second-order valence-electron chi connectivity index (χ2n) is 4.11. The highest BCUT2D eigenvalue weighted by molar-refractivity contribution is 5.85. The number of benzene rings is 2. The van der Waals surface area contributed by atoms with Crippen LogP contribution >= 0.6 is 12.4 Å². The number of halogens is 1. The molecule has 0 unspecified atom stereocenters. The lowest BCUT2D eigenvalue weighted by molar-refractivity contribution is 1.13. The summed E-state index contributed by atoms with van der Waals surface area (Å²) in [6, 6.07) is 16.8. The zero-order valence-corrected chi connectivity index (χ0v) is 11.1. The molecule has 2 heteroatoms. The third-order valence-corrected chi connectivity index (χ3v) is 2.79. The maximum Gasteiger partial charge on any atom is 0.0402 e. The van der Waals surface area contributed by atoms with Crippen molar-refractivity contribution in [2.24, 2.45) is 0 Å². The average Bonchev–Trinajstić information content (AvgIpc) is 2.30. The van der Waals surface area contributed by atoms with Gasteiger partial charge in [-0.3, -0.25) is 0 Å². The Labute approximate surface area is 109 Å². The summed E-state index contributed by atoms with van der Waals surface area (Å²) in [6.07, 6.45) is 0. The molecule has 90 valence electrons. The van der Waals surface area contributed by atoms with E-state index in [0.717, 1.165) is 6.54 Å². The minimum atomic E-state index is 0. The van der Waals surface area contributed by atoms with Gasteiger partial charge in [-0.2, -0.15) is 0 Å². The van der Waals surface area contributed by atoms with Crippen LogP contribution in [0.15, 0.2) is 48.5 Å². The molecule has 0 fully saturated rings. The van der Waals surface area contributed by atoms with Gasteiger partial charge < -0.3 is 5.32 Å². The fourth-order valence-electron chi connectivity index (χ4n) is 1.88. The van der Waals surface area contributed by atoms with Crippen LogP contribution in [0.1, 0.15) is 16.7 Å². The molecule has 1 N–H and O–H groups in total. The fraction of sp³-hybridized carbons (Fsp3) is 0.200. The summed E-state index contributed by atoms with van der Waals surface area (Å²) < 4.78 is 0. The molecule has 2 rings (SSSR count). The van der Waals surface area contributed by atoms with Crippen LogP contribution in [0.2, 0.25) is 0 Å². The third kappa shape index (κ3) is 3.50. The van der Waals surface area contributed by atoms with Gasteiger partial charge in [0, 0.05) is 12.2 Å². The SMILES string of the molecule is Cc1cccc(C)c1NCc1ccccc1.Cl. The molecule has 2 aromatic rings. The van der Waals surface area contributed by atoms with Crippen LogP contribution in [0.5, 0.6) is 0 Å². The lowest BCUT2D eigenvalue weighted by Crippen LogP contribution is -2.02. The summed E-state index contributed by atoms with van der Waals surface area (Å²) in [7, 11) is 0. The van der Waals surface area contributed by atoms with Crippen LogP contribution in [0.4, 0.5) is 5.69 Å². The lowest BCUT2D eigenvalue weighted by atomic mass is 10.1. The Kier molecular flexibility index (Phi) is 5.05. The highest BCUT2D eigenvalue weighted by Gasteiger charge is 2.00. The zero-order valence-electron chi connectivity index (χ0n) is 10.2. The molecule has 0 aliphatic heterocycles. The molecule has 1 nitrogen and oxygen atoms in total. The van der Waals surface area contributed by atoms with E-state index in [9.17, 15) is 0 Å². The maximum absolute atomic E-state index is 3.50. The molecular formula is C15H18ClN. The zero-order chi connectivity index (χ0) is 11.4. The maximum atomic E-state index is 3.50. The van der Waals surface area contributed by atoms with E-state index in [-0.39, 0.29) is 12.4 Å². The van der Waals surface area contributed by atoms with Crippen LogP contribution in [0.3, 0.4) is 0 Å². The molecular weight excluding hydrogens is 230 g/mol. The molecule has 0 aliphatic carbocycles. The molecule has 0 saturated heterocycles. The van der Waals surface area contributed by atoms with Gasteiger partial charge in [0.25, 0.3) is 0 Å². The minimum Gasteiger partial charge on any atom is -0.381 e. The molecule has 0 bridgehead atoms. The van der Waals surface area contributed by atoms with Gasteiger partial charge in [-0.05, 0) is 30.5 Å². The predicted octanol–water partition coefficient (Wildman–Crippen LogP) is 4.34. The van der Waals surface area contributed by atoms with Crippen LogP contribution < -0.4 is 5.32 Å². The van der Waals surface area contributed by atoms with Gasteiger partial charge in [-0.25, -0.2) is 0 Å². The van der Waals surface area contributed by atoms with Gasteiger partial charge in [-0.1, -0.05) is 48.5 Å². The first-order valence-corrected chi connectivity index (χ1v) is 5.61. The number of nitrogens with one attached hydrogen (secondary N) is 1. The lowest BCUT2D eigenvalue weighted by Gasteiger charge is -2.12. The van der Waals surface area contributed by atoms with E-state index in [0.29, 0.717) is 0 Å². The van der Waals surface area contributed by atoms with Crippen LogP contribution in [0.25, 0.3) is 0 Å². The number of anilines is 1. The summed E-state index contributed by atoms with van der Waals surface area (Å²) in [4.78, 5) is 0. The Morgan fingerprint density at radius 1 is 0.824 bits per heavy atom. The molecule has 0 heterocycles. The first kappa shape index (κ1) is 13.6. The van der Waals surface area contributed by atoms with Gasteiger partial charge in [-0.15, -0.1) is 12.4 Å². The molecule has 0 aliphatic rings. The molecule has 0 aromatic heterocycles. The standard InChI is InChI=1S/C15H17N.ClH/c1-12-7-6-8-13(2)15(12)16-11-14-9-4-3-5-10-14;/h3-10,16H,11H2,1-2H3;1H. The smallest absolute Gasteiger partial charge is 0.0402 e. The highest BCUT2D eigenvalue weighted by atomic mass is 35.5. The van der Waals surface area contributed by atoms with Crippen LogP contribution in [-0.4, -0.2) is 0 Å². The second kappa shape index (κ2) is 6.31. The van der Waals surface area contributed by atoms with Crippen molar-refractivity contribution in [1.29, 1.82) is 0 Å². The van der Waals surface area contributed by atoms with Crippen molar-refractivity contribution in [2.45, 2.75) is 20.4 Å². The summed E-state index contributed by atoms with van der Waals surface area (Å²) >= 11 is 0. The Balaban J connectivity index is 0.00000144. The average molecular weight is 248 g/mol. The molecule has 0 atom stereocenters. The Hall–Kier alpha value is -1.47. The quantitative estimate of drug-likeness (QED) is 0.851. The van der Waals surface area contributed by atoms with Crippen molar-refractivity contribution in [3.05, 3.63) is 65.2 Å².